The van der Waals surface area contributed by atoms with Crippen molar-refractivity contribution in [2.24, 2.45) is 11.8 Å². The van der Waals surface area contributed by atoms with Crippen LogP contribution in [0, 0.1) is 11.8 Å². The summed E-state index contributed by atoms with van der Waals surface area (Å²) in [5, 5.41) is 0. The van der Waals surface area contributed by atoms with Crippen LogP contribution in [-0.2, 0) is 16.0 Å². The van der Waals surface area contributed by atoms with Gasteiger partial charge in [0.2, 0.25) is 0 Å². The predicted octanol–water partition coefficient (Wildman–Crippen LogP) is 2.69. The van der Waals surface area contributed by atoms with E-state index in [9.17, 15) is 0 Å². The van der Waals surface area contributed by atoms with Crippen molar-refractivity contribution in [2.75, 3.05) is 26.4 Å². The second-order valence-electron chi connectivity index (χ2n) is 6.84. The fourth-order valence-corrected chi connectivity index (χ4v) is 3.75. The van der Waals surface area contributed by atoms with E-state index in [2.05, 4.69) is 11.0 Å². The average molecular weight is 291 g/mol. The van der Waals surface area contributed by atoms with Crippen molar-refractivity contribution in [3.05, 3.63) is 24.2 Å². The van der Waals surface area contributed by atoms with E-state index in [4.69, 9.17) is 13.9 Å². The van der Waals surface area contributed by atoms with Crippen molar-refractivity contribution < 1.29 is 13.9 Å². The molecular weight excluding hydrogens is 266 g/mol. The molecule has 4 heteroatoms. The molecule has 4 nitrogen and oxygen atoms in total. The van der Waals surface area contributed by atoms with Gasteiger partial charge in [-0.2, -0.15) is 0 Å². The van der Waals surface area contributed by atoms with E-state index in [1.165, 1.54) is 19.3 Å². The van der Waals surface area contributed by atoms with Crippen LogP contribution in [-0.4, -0.2) is 43.4 Å². The maximum absolute atomic E-state index is 5.99. The van der Waals surface area contributed by atoms with Gasteiger partial charge in [0.1, 0.15) is 5.76 Å². The lowest BCUT2D eigenvalue weighted by Crippen LogP contribution is -2.47. The summed E-state index contributed by atoms with van der Waals surface area (Å²) in [5.74, 6) is 2.58. The summed E-state index contributed by atoms with van der Waals surface area (Å²) in [6, 6.07) is 4.57. The molecule has 3 fully saturated rings. The molecule has 116 valence electrons. The Kier molecular flexibility index (Phi) is 4.01. The monoisotopic (exact) mass is 291 g/mol. The largest absolute Gasteiger partial charge is 0.468 e. The number of rotatable bonds is 6. The van der Waals surface area contributed by atoms with Gasteiger partial charge in [-0.3, -0.25) is 4.90 Å². The highest BCUT2D eigenvalue weighted by Gasteiger charge is 2.41. The molecule has 2 saturated carbocycles. The summed E-state index contributed by atoms with van der Waals surface area (Å²) >= 11 is 0. The first-order valence-corrected chi connectivity index (χ1v) is 8.34. The Bertz CT molecular complexity index is 443. The molecule has 3 aliphatic rings. The summed E-state index contributed by atoms with van der Waals surface area (Å²) in [6.07, 6.45) is 7.26. The standard InChI is InChI=1S/C17H25NO3/c1-2-15(20-6-1)10-18-5-7-21-17-9-14(8-16(17)18)12-19-11-13-3-4-13/h1-2,6,13-14,16-17H,3-5,7-12H2. The van der Waals surface area contributed by atoms with Gasteiger partial charge in [0.05, 0.1) is 25.5 Å². The van der Waals surface area contributed by atoms with Crippen molar-refractivity contribution in [3.8, 4) is 0 Å². The maximum atomic E-state index is 5.99. The minimum absolute atomic E-state index is 0.392. The number of nitrogens with zero attached hydrogens (tertiary/aromatic N) is 1. The average Bonchev–Trinajstić information content (AvgIpc) is 3.00. The number of fused-ring (bicyclic) bond motifs is 1. The molecule has 0 bridgehead atoms. The SMILES string of the molecule is c1coc(CN2CCOC3CC(COCC4CC4)CC32)c1. The Morgan fingerprint density at radius 3 is 2.90 bits per heavy atom. The van der Waals surface area contributed by atoms with Crippen LogP contribution in [0.4, 0.5) is 0 Å². The number of hydrogen-bond donors (Lipinski definition) is 0. The molecule has 21 heavy (non-hydrogen) atoms. The van der Waals surface area contributed by atoms with Crippen molar-refractivity contribution in [3.63, 3.8) is 0 Å². The molecule has 1 aromatic heterocycles. The van der Waals surface area contributed by atoms with Crippen LogP contribution in [0.25, 0.3) is 0 Å². The Morgan fingerprint density at radius 2 is 2.10 bits per heavy atom. The minimum atomic E-state index is 0.392. The highest BCUT2D eigenvalue weighted by molar-refractivity contribution is 5.01. The van der Waals surface area contributed by atoms with Crippen LogP contribution < -0.4 is 0 Å². The fraction of sp³-hybridized carbons (Fsp3) is 0.765. The third kappa shape index (κ3) is 3.33. The fourth-order valence-electron chi connectivity index (χ4n) is 3.75. The lowest BCUT2D eigenvalue weighted by Gasteiger charge is -2.37. The molecule has 0 amide bonds. The molecule has 0 radical (unpaired) electrons. The lowest BCUT2D eigenvalue weighted by molar-refractivity contribution is -0.0609. The van der Waals surface area contributed by atoms with Crippen molar-refractivity contribution in [1.29, 1.82) is 0 Å². The summed E-state index contributed by atoms with van der Waals surface area (Å²) in [7, 11) is 0. The van der Waals surface area contributed by atoms with Crippen molar-refractivity contribution in [1.82, 2.24) is 4.90 Å². The topological polar surface area (TPSA) is 34.8 Å². The molecule has 0 aromatic carbocycles. The van der Waals surface area contributed by atoms with Gasteiger partial charge in [-0.25, -0.2) is 0 Å². The van der Waals surface area contributed by atoms with Gasteiger partial charge < -0.3 is 13.9 Å². The van der Waals surface area contributed by atoms with Gasteiger partial charge in [0.25, 0.3) is 0 Å². The number of ether oxygens (including phenoxy) is 2. The second-order valence-corrected chi connectivity index (χ2v) is 6.84. The minimum Gasteiger partial charge on any atom is -0.468 e. The molecule has 0 spiro atoms. The summed E-state index contributed by atoms with van der Waals surface area (Å²) < 4.78 is 17.4. The highest BCUT2D eigenvalue weighted by Crippen LogP contribution is 2.36. The van der Waals surface area contributed by atoms with Gasteiger partial charge >= 0.3 is 0 Å². The normalized spacial score (nSPS) is 33.2. The maximum Gasteiger partial charge on any atom is 0.117 e. The number of furan rings is 1. The third-order valence-electron chi connectivity index (χ3n) is 5.09. The zero-order chi connectivity index (χ0) is 14.1. The molecule has 4 rings (SSSR count). The molecule has 3 unspecified atom stereocenters. The second kappa shape index (κ2) is 6.11. The van der Waals surface area contributed by atoms with Crippen LogP contribution in [0.15, 0.2) is 22.8 Å². The first-order valence-electron chi connectivity index (χ1n) is 8.34. The molecule has 1 aliphatic heterocycles. The van der Waals surface area contributed by atoms with Crippen molar-refractivity contribution in [2.45, 2.75) is 44.4 Å². The van der Waals surface area contributed by atoms with Crippen LogP contribution in [0.1, 0.15) is 31.4 Å². The van der Waals surface area contributed by atoms with Gasteiger partial charge in [-0.05, 0) is 49.7 Å². The Morgan fingerprint density at radius 1 is 1.19 bits per heavy atom. The van der Waals surface area contributed by atoms with Crippen LogP contribution in [0.3, 0.4) is 0 Å². The first-order chi connectivity index (χ1) is 10.4. The first kappa shape index (κ1) is 13.8. The predicted molar refractivity (Wildman–Crippen MR) is 78.9 cm³/mol. The van der Waals surface area contributed by atoms with Gasteiger partial charge in [-0.15, -0.1) is 0 Å². The third-order valence-corrected chi connectivity index (χ3v) is 5.09. The smallest absolute Gasteiger partial charge is 0.117 e. The molecule has 2 aliphatic carbocycles. The summed E-state index contributed by atoms with van der Waals surface area (Å²) in [5.41, 5.74) is 0. The zero-order valence-corrected chi connectivity index (χ0v) is 12.6. The van der Waals surface area contributed by atoms with Crippen LogP contribution in [0.5, 0.6) is 0 Å². The van der Waals surface area contributed by atoms with E-state index in [1.54, 1.807) is 6.26 Å². The van der Waals surface area contributed by atoms with Crippen molar-refractivity contribution >= 4 is 0 Å². The highest BCUT2D eigenvalue weighted by atomic mass is 16.5. The Labute approximate surface area is 126 Å². The molecule has 3 atom stereocenters. The van der Waals surface area contributed by atoms with Crippen LogP contribution in [0.2, 0.25) is 0 Å². The molecule has 2 heterocycles. The molecule has 1 saturated heterocycles. The van der Waals surface area contributed by atoms with E-state index in [1.807, 2.05) is 6.07 Å². The van der Waals surface area contributed by atoms with E-state index < -0.39 is 0 Å². The number of morpholine rings is 1. The van der Waals surface area contributed by atoms with Gasteiger partial charge in [-0.1, -0.05) is 0 Å². The van der Waals surface area contributed by atoms with E-state index in [0.717, 1.165) is 51.0 Å². The van der Waals surface area contributed by atoms with Gasteiger partial charge in [0, 0.05) is 25.8 Å². The summed E-state index contributed by atoms with van der Waals surface area (Å²) in [4.78, 5) is 2.54. The summed E-state index contributed by atoms with van der Waals surface area (Å²) in [6.45, 7) is 4.66. The van der Waals surface area contributed by atoms with Crippen LogP contribution >= 0.6 is 0 Å². The number of hydrogen-bond acceptors (Lipinski definition) is 4. The molecule has 0 N–H and O–H groups in total. The van der Waals surface area contributed by atoms with E-state index in [0.29, 0.717) is 18.1 Å². The van der Waals surface area contributed by atoms with E-state index >= 15 is 0 Å². The van der Waals surface area contributed by atoms with Gasteiger partial charge in [0.15, 0.2) is 0 Å². The van der Waals surface area contributed by atoms with E-state index in [-0.39, 0.29) is 0 Å². The zero-order valence-electron chi connectivity index (χ0n) is 12.6. The lowest BCUT2D eigenvalue weighted by atomic mass is 10.1. The Hall–Kier alpha value is -0.840. The Balaban J connectivity index is 1.31. The molecule has 1 aromatic rings. The molecular formula is C17H25NO3. The quantitative estimate of drug-likeness (QED) is 0.807.